The van der Waals surface area contributed by atoms with E-state index in [2.05, 4.69) is 0 Å². The lowest BCUT2D eigenvalue weighted by Crippen LogP contribution is -2.04. The first-order valence-electron chi connectivity index (χ1n) is 5.96. The van der Waals surface area contributed by atoms with Gasteiger partial charge in [0.25, 0.3) is 0 Å². The molecule has 0 unspecified atom stereocenters. The summed E-state index contributed by atoms with van der Waals surface area (Å²) in [5.74, 6) is -0.586. The topological polar surface area (TPSA) is 35.2 Å². The van der Waals surface area contributed by atoms with Gasteiger partial charge in [-0.15, -0.1) is 0 Å². The van der Waals surface area contributed by atoms with Crippen LogP contribution in [0, 0.1) is 18.6 Å². The van der Waals surface area contributed by atoms with Crippen LogP contribution in [0.4, 0.5) is 8.78 Å². The Hall–Kier alpha value is -1.94. The quantitative estimate of drug-likeness (QED) is 0.918. The van der Waals surface area contributed by atoms with E-state index in [0.29, 0.717) is 17.9 Å². The highest BCUT2D eigenvalue weighted by Gasteiger charge is 2.07. The Morgan fingerprint density at radius 2 is 1.84 bits per heavy atom. The van der Waals surface area contributed by atoms with Crippen LogP contribution in [0.5, 0.6) is 5.75 Å². The van der Waals surface area contributed by atoms with E-state index in [4.69, 9.17) is 10.5 Å². The van der Waals surface area contributed by atoms with Crippen molar-refractivity contribution in [3.05, 3.63) is 64.7 Å². The van der Waals surface area contributed by atoms with Crippen molar-refractivity contribution in [1.82, 2.24) is 0 Å². The Kier molecular flexibility index (Phi) is 4.12. The van der Waals surface area contributed by atoms with Gasteiger partial charge in [-0.2, -0.15) is 0 Å². The van der Waals surface area contributed by atoms with E-state index in [9.17, 15) is 8.78 Å². The second-order valence-electron chi connectivity index (χ2n) is 4.34. The van der Waals surface area contributed by atoms with E-state index < -0.39 is 11.6 Å². The van der Waals surface area contributed by atoms with E-state index >= 15 is 0 Å². The summed E-state index contributed by atoms with van der Waals surface area (Å²) >= 11 is 0. The average Bonchev–Trinajstić information content (AvgIpc) is 2.39. The summed E-state index contributed by atoms with van der Waals surface area (Å²) in [5, 5.41) is 0. The van der Waals surface area contributed by atoms with Crippen molar-refractivity contribution in [3.63, 3.8) is 0 Å². The molecule has 100 valence electrons. The van der Waals surface area contributed by atoms with Crippen LogP contribution >= 0.6 is 0 Å². The molecular formula is C15H15F2NO. The molecule has 0 spiro atoms. The van der Waals surface area contributed by atoms with Crippen LogP contribution in [0.15, 0.2) is 36.4 Å². The van der Waals surface area contributed by atoms with Gasteiger partial charge in [0, 0.05) is 23.7 Å². The largest absolute Gasteiger partial charge is 0.488 e. The van der Waals surface area contributed by atoms with Crippen molar-refractivity contribution in [2.45, 2.75) is 20.1 Å². The van der Waals surface area contributed by atoms with E-state index in [0.717, 1.165) is 17.2 Å². The van der Waals surface area contributed by atoms with Crippen LogP contribution < -0.4 is 10.5 Å². The number of hydrogen-bond acceptors (Lipinski definition) is 2. The molecule has 0 saturated heterocycles. The zero-order valence-corrected chi connectivity index (χ0v) is 10.6. The lowest BCUT2D eigenvalue weighted by Gasteiger charge is -2.11. The summed E-state index contributed by atoms with van der Waals surface area (Å²) in [6, 6.07) is 9.06. The highest BCUT2D eigenvalue weighted by molar-refractivity contribution is 5.37. The highest BCUT2D eigenvalue weighted by Crippen LogP contribution is 2.21. The lowest BCUT2D eigenvalue weighted by atomic mass is 10.1. The number of ether oxygens (including phenoxy) is 1. The molecule has 0 radical (unpaired) electrons. The van der Waals surface area contributed by atoms with Crippen LogP contribution in [-0.4, -0.2) is 0 Å². The Bertz CT molecular complexity index is 584. The fraction of sp³-hybridized carbons (Fsp3) is 0.200. The fourth-order valence-corrected chi connectivity index (χ4v) is 1.80. The van der Waals surface area contributed by atoms with Gasteiger partial charge in [-0.05, 0) is 25.1 Å². The number of nitrogens with two attached hydrogens (primary N) is 1. The van der Waals surface area contributed by atoms with Crippen molar-refractivity contribution in [2.75, 3.05) is 0 Å². The first-order valence-corrected chi connectivity index (χ1v) is 5.96. The van der Waals surface area contributed by atoms with Crippen molar-refractivity contribution in [2.24, 2.45) is 5.73 Å². The summed E-state index contributed by atoms with van der Waals surface area (Å²) < 4.78 is 31.8. The minimum Gasteiger partial charge on any atom is -0.488 e. The first kappa shape index (κ1) is 13.5. The maximum atomic E-state index is 13.5. The van der Waals surface area contributed by atoms with Crippen molar-refractivity contribution < 1.29 is 13.5 Å². The molecular weight excluding hydrogens is 248 g/mol. The summed E-state index contributed by atoms with van der Waals surface area (Å²) in [4.78, 5) is 0. The molecule has 19 heavy (non-hydrogen) atoms. The third kappa shape index (κ3) is 3.29. The zero-order valence-electron chi connectivity index (χ0n) is 10.6. The molecule has 0 aromatic heterocycles. The number of benzene rings is 2. The number of hydrogen-bond donors (Lipinski definition) is 1. The van der Waals surface area contributed by atoms with E-state index in [1.807, 2.05) is 19.1 Å². The maximum Gasteiger partial charge on any atom is 0.132 e. The molecule has 4 heteroatoms. The van der Waals surface area contributed by atoms with Gasteiger partial charge in [0.1, 0.15) is 24.0 Å². The summed E-state index contributed by atoms with van der Waals surface area (Å²) in [7, 11) is 0. The molecule has 2 nitrogen and oxygen atoms in total. The van der Waals surface area contributed by atoms with E-state index in [1.54, 1.807) is 6.07 Å². The molecule has 2 aromatic carbocycles. The van der Waals surface area contributed by atoms with E-state index in [1.165, 1.54) is 12.1 Å². The van der Waals surface area contributed by atoms with Gasteiger partial charge in [-0.1, -0.05) is 17.7 Å². The summed E-state index contributed by atoms with van der Waals surface area (Å²) in [6.07, 6.45) is 0. The molecule has 2 aromatic rings. The van der Waals surface area contributed by atoms with E-state index in [-0.39, 0.29) is 6.61 Å². The molecule has 0 fully saturated rings. The molecule has 2 rings (SSSR count). The molecule has 0 aliphatic carbocycles. The predicted molar refractivity (Wildman–Crippen MR) is 69.8 cm³/mol. The van der Waals surface area contributed by atoms with Gasteiger partial charge in [-0.3, -0.25) is 0 Å². The Morgan fingerprint density at radius 1 is 1.05 bits per heavy atom. The first-order chi connectivity index (χ1) is 9.10. The second-order valence-corrected chi connectivity index (χ2v) is 4.34. The smallest absolute Gasteiger partial charge is 0.132 e. The molecule has 0 amide bonds. The third-order valence-electron chi connectivity index (χ3n) is 2.83. The van der Waals surface area contributed by atoms with Gasteiger partial charge in [-0.25, -0.2) is 8.78 Å². The molecule has 0 atom stereocenters. The van der Waals surface area contributed by atoms with Gasteiger partial charge in [0.15, 0.2) is 0 Å². The third-order valence-corrected chi connectivity index (χ3v) is 2.83. The minimum absolute atomic E-state index is 0.0438. The maximum absolute atomic E-state index is 13.5. The number of halogens is 2. The molecule has 0 bridgehead atoms. The zero-order chi connectivity index (χ0) is 13.8. The highest BCUT2D eigenvalue weighted by atomic mass is 19.1. The summed E-state index contributed by atoms with van der Waals surface area (Å²) in [5.41, 5.74) is 7.89. The molecule has 0 heterocycles. The van der Waals surface area contributed by atoms with Gasteiger partial charge in [0.05, 0.1) is 0 Å². The van der Waals surface area contributed by atoms with Gasteiger partial charge in [0.2, 0.25) is 0 Å². The van der Waals surface area contributed by atoms with Crippen LogP contribution in [0.3, 0.4) is 0 Å². The average molecular weight is 263 g/mol. The van der Waals surface area contributed by atoms with Crippen LogP contribution in [-0.2, 0) is 13.2 Å². The normalized spacial score (nSPS) is 10.5. The molecule has 2 N–H and O–H groups in total. The standard InChI is InChI=1S/C15H15F2NO/c1-10-2-5-15(12(6-10)8-18)19-9-11-3-4-13(16)7-14(11)17/h2-7H,8-9,18H2,1H3. The Balaban J connectivity index is 2.14. The Labute approximate surface area is 110 Å². The SMILES string of the molecule is Cc1ccc(OCc2ccc(F)cc2F)c(CN)c1. The molecule has 0 aliphatic heterocycles. The fourth-order valence-electron chi connectivity index (χ4n) is 1.80. The number of aryl methyl sites for hydroxylation is 1. The monoisotopic (exact) mass is 263 g/mol. The van der Waals surface area contributed by atoms with Crippen molar-refractivity contribution in [1.29, 1.82) is 0 Å². The van der Waals surface area contributed by atoms with Crippen LogP contribution in [0.2, 0.25) is 0 Å². The lowest BCUT2D eigenvalue weighted by molar-refractivity contribution is 0.296. The van der Waals surface area contributed by atoms with Crippen LogP contribution in [0.25, 0.3) is 0 Å². The Morgan fingerprint density at radius 3 is 2.53 bits per heavy atom. The van der Waals surface area contributed by atoms with Gasteiger partial charge >= 0.3 is 0 Å². The number of rotatable bonds is 4. The van der Waals surface area contributed by atoms with Crippen LogP contribution in [0.1, 0.15) is 16.7 Å². The predicted octanol–water partition coefficient (Wildman–Crippen LogP) is 3.31. The minimum atomic E-state index is -0.610. The van der Waals surface area contributed by atoms with Gasteiger partial charge < -0.3 is 10.5 Å². The second kappa shape index (κ2) is 5.80. The molecule has 0 aliphatic rings. The molecule has 0 saturated carbocycles. The van der Waals surface area contributed by atoms with Crippen molar-refractivity contribution in [3.8, 4) is 5.75 Å². The van der Waals surface area contributed by atoms with Crippen molar-refractivity contribution >= 4 is 0 Å². The summed E-state index contributed by atoms with van der Waals surface area (Å²) in [6.45, 7) is 2.35.